The Kier molecular flexibility index (Phi) is 10.5. The van der Waals surface area contributed by atoms with Crippen molar-refractivity contribution in [3.8, 4) is 0 Å². The van der Waals surface area contributed by atoms with Crippen LogP contribution in [0, 0.1) is 5.92 Å². The molecule has 0 aliphatic rings. The summed E-state index contributed by atoms with van der Waals surface area (Å²) in [5, 5.41) is 9.26. The lowest BCUT2D eigenvalue weighted by atomic mass is 10.0. The largest absolute Gasteiger partial charge is 0.479 e. The minimum atomic E-state index is -1.94. The van der Waals surface area contributed by atoms with Gasteiger partial charge in [0.25, 0.3) is 0 Å². The van der Waals surface area contributed by atoms with E-state index < -0.39 is 16.8 Å². The van der Waals surface area contributed by atoms with Gasteiger partial charge >= 0.3 is 11.9 Å². The van der Waals surface area contributed by atoms with Gasteiger partial charge in [-0.05, 0) is 31.6 Å². The predicted octanol–water partition coefficient (Wildman–Crippen LogP) is 4.78. The number of esters is 1. The van der Waals surface area contributed by atoms with E-state index in [0.29, 0.717) is 18.8 Å². The van der Waals surface area contributed by atoms with Gasteiger partial charge in [0.1, 0.15) is 6.10 Å². The van der Waals surface area contributed by atoms with Crippen molar-refractivity contribution in [2.75, 3.05) is 0 Å². The number of aliphatic carboxylic acids is 1. The van der Waals surface area contributed by atoms with Crippen molar-refractivity contribution in [3.05, 3.63) is 0 Å². The summed E-state index contributed by atoms with van der Waals surface area (Å²) in [6.07, 6.45) is 5.85. The number of carboxylic acid groups (broad SMARTS) is 1. The third-order valence-electron chi connectivity index (χ3n) is 3.82. The lowest BCUT2D eigenvalue weighted by molar-refractivity contribution is -0.161. The Labute approximate surface area is 139 Å². The van der Waals surface area contributed by atoms with Gasteiger partial charge in [0.05, 0.1) is 0 Å². The zero-order valence-electron chi connectivity index (χ0n) is 14.4. The van der Waals surface area contributed by atoms with Crippen LogP contribution in [0.5, 0.6) is 0 Å². The molecule has 0 aliphatic heterocycles. The SMILES string of the molecule is CCCCC(Cl)(C(=O)O)C(=O)OC(CC)CCCCC(C)C. The highest BCUT2D eigenvalue weighted by molar-refractivity contribution is 6.44. The number of unbranched alkanes of at least 4 members (excludes halogenated alkanes) is 2. The van der Waals surface area contributed by atoms with Crippen LogP contribution in [0.25, 0.3) is 0 Å². The van der Waals surface area contributed by atoms with Crippen molar-refractivity contribution >= 4 is 23.5 Å². The molecule has 0 aromatic carbocycles. The fourth-order valence-electron chi connectivity index (χ4n) is 2.23. The van der Waals surface area contributed by atoms with E-state index in [1.807, 2.05) is 13.8 Å². The molecule has 2 unspecified atom stereocenters. The van der Waals surface area contributed by atoms with Gasteiger partial charge in [0.2, 0.25) is 4.87 Å². The molecule has 0 saturated heterocycles. The van der Waals surface area contributed by atoms with Gasteiger partial charge in [-0.25, -0.2) is 9.59 Å². The van der Waals surface area contributed by atoms with Crippen LogP contribution in [0.15, 0.2) is 0 Å². The van der Waals surface area contributed by atoms with Crippen LogP contribution in [-0.2, 0) is 14.3 Å². The summed E-state index contributed by atoms with van der Waals surface area (Å²) in [7, 11) is 0. The third kappa shape index (κ3) is 7.48. The highest BCUT2D eigenvalue weighted by atomic mass is 35.5. The molecule has 2 atom stereocenters. The van der Waals surface area contributed by atoms with Gasteiger partial charge in [-0.3, -0.25) is 0 Å². The van der Waals surface area contributed by atoms with Crippen LogP contribution in [-0.4, -0.2) is 28.0 Å². The lowest BCUT2D eigenvalue weighted by Crippen LogP contribution is -2.44. The third-order valence-corrected chi connectivity index (χ3v) is 4.33. The van der Waals surface area contributed by atoms with E-state index >= 15 is 0 Å². The molecule has 0 fully saturated rings. The topological polar surface area (TPSA) is 63.6 Å². The molecule has 0 spiro atoms. The van der Waals surface area contributed by atoms with Gasteiger partial charge in [-0.15, -0.1) is 0 Å². The number of carboxylic acids is 1. The second-order valence-electron chi connectivity index (χ2n) is 6.32. The summed E-state index contributed by atoms with van der Waals surface area (Å²) in [6, 6.07) is 0. The van der Waals surface area contributed by atoms with Crippen molar-refractivity contribution < 1.29 is 19.4 Å². The van der Waals surface area contributed by atoms with Crippen LogP contribution in [0.4, 0.5) is 0 Å². The second kappa shape index (κ2) is 10.9. The van der Waals surface area contributed by atoms with Crippen LogP contribution >= 0.6 is 11.6 Å². The maximum atomic E-state index is 12.2. The van der Waals surface area contributed by atoms with Crippen molar-refractivity contribution in [1.29, 1.82) is 0 Å². The Morgan fingerprint density at radius 2 is 1.73 bits per heavy atom. The van der Waals surface area contributed by atoms with Crippen molar-refractivity contribution in [2.24, 2.45) is 5.92 Å². The molecular weight excluding hydrogens is 304 g/mol. The number of alkyl halides is 1. The van der Waals surface area contributed by atoms with Gasteiger partial charge in [0, 0.05) is 0 Å². The molecule has 0 amide bonds. The molecule has 0 aliphatic carbocycles. The Morgan fingerprint density at radius 3 is 2.18 bits per heavy atom. The molecular formula is C17H31ClO4. The van der Waals surface area contributed by atoms with E-state index in [-0.39, 0.29) is 12.5 Å². The highest BCUT2D eigenvalue weighted by Crippen LogP contribution is 2.27. The van der Waals surface area contributed by atoms with Crippen LogP contribution in [0.3, 0.4) is 0 Å². The summed E-state index contributed by atoms with van der Waals surface area (Å²) in [5.74, 6) is -1.47. The number of rotatable bonds is 12. The molecule has 0 radical (unpaired) electrons. The lowest BCUT2D eigenvalue weighted by Gasteiger charge is -2.24. The Bertz CT molecular complexity index is 344. The fraction of sp³-hybridized carbons (Fsp3) is 0.882. The Hall–Kier alpha value is -0.770. The predicted molar refractivity (Wildman–Crippen MR) is 89.2 cm³/mol. The molecule has 1 N–H and O–H groups in total. The normalized spacial score (nSPS) is 15.4. The molecule has 5 heteroatoms. The molecule has 0 rings (SSSR count). The minimum absolute atomic E-state index is 0.100. The molecule has 0 aromatic rings. The maximum Gasteiger partial charge on any atom is 0.339 e. The van der Waals surface area contributed by atoms with E-state index in [2.05, 4.69) is 13.8 Å². The second-order valence-corrected chi connectivity index (χ2v) is 6.97. The molecule has 0 heterocycles. The molecule has 22 heavy (non-hydrogen) atoms. The van der Waals surface area contributed by atoms with Gasteiger partial charge in [-0.2, -0.15) is 0 Å². The standard InChI is InChI=1S/C17H31ClO4/c1-5-7-12-17(18,15(19)20)16(21)22-14(6-2)11-9-8-10-13(3)4/h13-14H,5-12H2,1-4H3,(H,19,20). The van der Waals surface area contributed by atoms with Crippen LogP contribution in [0.2, 0.25) is 0 Å². The van der Waals surface area contributed by atoms with Gasteiger partial charge < -0.3 is 9.84 Å². The molecule has 0 aromatic heterocycles. The summed E-state index contributed by atoms with van der Waals surface area (Å²) in [6.45, 7) is 8.22. The minimum Gasteiger partial charge on any atom is -0.479 e. The van der Waals surface area contributed by atoms with Crippen LogP contribution < -0.4 is 0 Å². The first kappa shape index (κ1) is 21.2. The molecule has 130 valence electrons. The Balaban J connectivity index is 4.50. The Morgan fingerprint density at radius 1 is 1.14 bits per heavy atom. The quantitative estimate of drug-likeness (QED) is 0.241. The zero-order chi connectivity index (χ0) is 17.2. The van der Waals surface area contributed by atoms with Crippen molar-refractivity contribution in [1.82, 2.24) is 0 Å². The average molecular weight is 335 g/mol. The number of hydrogen-bond donors (Lipinski definition) is 1. The number of halogens is 1. The summed E-state index contributed by atoms with van der Waals surface area (Å²) < 4.78 is 5.38. The molecule has 4 nitrogen and oxygen atoms in total. The van der Waals surface area contributed by atoms with Gasteiger partial charge in [-0.1, -0.05) is 65.0 Å². The van der Waals surface area contributed by atoms with Crippen molar-refractivity contribution in [2.45, 2.75) is 90.0 Å². The van der Waals surface area contributed by atoms with E-state index in [9.17, 15) is 14.7 Å². The first-order chi connectivity index (χ1) is 10.3. The van der Waals surface area contributed by atoms with E-state index in [1.54, 1.807) is 0 Å². The maximum absolute atomic E-state index is 12.2. The first-order valence-electron chi connectivity index (χ1n) is 8.41. The summed E-state index contributed by atoms with van der Waals surface area (Å²) in [4.78, 5) is 21.6. The summed E-state index contributed by atoms with van der Waals surface area (Å²) >= 11 is 6.03. The highest BCUT2D eigenvalue weighted by Gasteiger charge is 2.46. The van der Waals surface area contributed by atoms with E-state index in [4.69, 9.17) is 16.3 Å². The van der Waals surface area contributed by atoms with E-state index in [1.165, 1.54) is 0 Å². The monoisotopic (exact) mass is 334 g/mol. The van der Waals surface area contributed by atoms with Crippen LogP contribution in [0.1, 0.15) is 79.1 Å². The molecule has 0 bridgehead atoms. The number of ether oxygens (including phenoxy) is 1. The van der Waals surface area contributed by atoms with E-state index in [0.717, 1.165) is 32.1 Å². The first-order valence-corrected chi connectivity index (χ1v) is 8.79. The summed E-state index contributed by atoms with van der Waals surface area (Å²) in [5.41, 5.74) is 0. The zero-order valence-corrected chi connectivity index (χ0v) is 15.1. The average Bonchev–Trinajstić information content (AvgIpc) is 2.46. The number of hydrogen-bond acceptors (Lipinski definition) is 3. The fourth-order valence-corrected chi connectivity index (χ4v) is 2.41. The smallest absolute Gasteiger partial charge is 0.339 e. The van der Waals surface area contributed by atoms with Gasteiger partial charge in [0.15, 0.2) is 0 Å². The molecule has 0 saturated carbocycles. The van der Waals surface area contributed by atoms with Crippen molar-refractivity contribution in [3.63, 3.8) is 0 Å². The number of carbonyl (C=O) groups excluding carboxylic acids is 1. The number of carbonyl (C=O) groups is 2.